The van der Waals surface area contributed by atoms with Crippen LogP contribution in [0, 0.1) is 0 Å². The topological polar surface area (TPSA) is 71.2 Å². The van der Waals surface area contributed by atoms with E-state index in [1.165, 1.54) is 11.3 Å². The summed E-state index contributed by atoms with van der Waals surface area (Å²) in [5, 5.41) is 3.53. The Labute approximate surface area is 111 Å². The molecule has 1 heterocycles. The Morgan fingerprint density at radius 3 is 2.94 bits per heavy atom. The average molecular weight is 277 g/mol. The molecule has 0 aliphatic heterocycles. The van der Waals surface area contributed by atoms with Crippen LogP contribution in [0.5, 0.6) is 0 Å². The summed E-state index contributed by atoms with van der Waals surface area (Å²) < 4.78 is 0. The minimum atomic E-state index is 0. The molecule has 2 rings (SSSR count). The maximum Gasteiger partial charge on any atom is 0.234 e. The molecule has 1 aromatic heterocycles. The van der Waals surface area contributed by atoms with Gasteiger partial charge < -0.3 is 11.1 Å². The molecule has 0 saturated heterocycles. The van der Waals surface area contributed by atoms with Crippen LogP contribution in [0.4, 0.5) is 5.13 Å². The number of rotatable bonds is 5. The van der Waals surface area contributed by atoms with Gasteiger partial charge in [0.15, 0.2) is 5.13 Å². The van der Waals surface area contributed by atoms with Gasteiger partial charge in [-0.3, -0.25) is 9.69 Å². The standard InChI is InChI=1S/C10H16N4OS.ClH/c1-14(5-8-4-12-10(11)16-8)6-9(15)13-7-2-3-7;/h4,7H,2-3,5-6H2,1H3,(H2,11,12)(H,13,15);1H. The minimum absolute atomic E-state index is 0. The van der Waals surface area contributed by atoms with Gasteiger partial charge in [-0.05, 0) is 19.9 Å². The lowest BCUT2D eigenvalue weighted by atomic mass is 10.4. The van der Waals surface area contributed by atoms with E-state index in [0.717, 1.165) is 17.7 Å². The van der Waals surface area contributed by atoms with Crippen LogP contribution in [-0.2, 0) is 11.3 Å². The van der Waals surface area contributed by atoms with Gasteiger partial charge in [0.1, 0.15) is 0 Å². The number of amides is 1. The van der Waals surface area contributed by atoms with Crippen molar-refractivity contribution >= 4 is 34.8 Å². The Morgan fingerprint density at radius 2 is 2.41 bits per heavy atom. The molecule has 1 aliphatic carbocycles. The number of nitrogens with zero attached hydrogens (tertiary/aromatic N) is 2. The van der Waals surface area contributed by atoms with E-state index in [9.17, 15) is 4.79 Å². The molecule has 7 heteroatoms. The smallest absolute Gasteiger partial charge is 0.234 e. The van der Waals surface area contributed by atoms with Gasteiger partial charge in [-0.15, -0.1) is 23.7 Å². The first-order valence-corrected chi connectivity index (χ1v) is 6.13. The summed E-state index contributed by atoms with van der Waals surface area (Å²) in [6.45, 7) is 1.14. The number of likely N-dealkylation sites (N-methyl/N-ethyl adjacent to an activating group) is 1. The molecule has 0 bridgehead atoms. The fraction of sp³-hybridized carbons (Fsp3) is 0.600. The van der Waals surface area contributed by atoms with Gasteiger partial charge >= 0.3 is 0 Å². The molecule has 0 aromatic carbocycles. The van der Waals surface area contributed by atoms with Crippen LogP contribution in [-0.4, -0.2) is 35.4 Å². The Morgan fingerprint density at radius 1 is 1.71 bits per heavy atom. The van der Waals surface area contributed by atoms with Crippen molar-refractivity contribution in [3.63, 3.8) is 0 Å². The lowest BCUT2D eigenvalue weighted by Crippen LogP contribution is -2.35. The van der Waals surface area contributed by atoms with E-state index in [-0.39, 0.29) is 18.3 Å². The van der Waals surface area contributed by atoms with Crippen molar-refractivity contribution in [1.29, 1.82) is 0 Å². The normalized spacial score (nSPS) is 14.5. The average Bonchev–Trinajstić information content (AvgIpc) is 2.89. The van der Waals surface area contributed by atoms with Gasteiger partial charge in [0.05, 0.1) is 6.54 Å². The lowest BCUT2D eigenvalue weighted by Gasteiger charge is -2.14. The first-order valence-electron chi connectivity index (χ1n) is 5.31. The van der Waals surface area contributed by atoms with Crippen molar-refractivity contribution < 1.29 is 4.79 Å². The highest BCUT2D eigenvalue weighted by molar-refractivity contribution is 7.15. The van der Waals surface area contributed by atoms with E-state index in [1.54, 1.807) is 6.20 Å². The summed E-state index contributed by atoms with van der Waals surface area (Å²) in [6.07, 6.45) is 4.01. The molecular formula is C10H17ClN4OS. The Bertz CT molecular complexity index is 380. The molecule has 0 spiro atoms. The van der Waals surface area contributed by atoms with Gasteiger partial charge in [-0.1, -0.05) is 0 Å². The van der Waals surface area contributed by atoms with Crippen molar-refractivity contribution in [1.82, 2.24) is 15.2 Å². The Balaban J connectivity index is 0.00000144. The highest BCUT2D eigenvalue weighted by Crippen LogP contribution is 2.18. The van der Waals surface area contributed by atoms with E-state index in [4.69, 9.17) is 5.73 Å². The summed E-state index contributed by atoms with van der Waals surface area (Å²) in [5.41, 5.74) is 5.54. The molecule has 0 radical (unpaired) electrons. The molecule has 1 aliphatic rings. The van der Waals surface area contributed by atoms with Crippen LogP contribution in [0.15, 0.2) is 6.20 Å². The second-order valence-corrected chi connectivity index (χ2v) is 5.33. The predicted octanol–water partition coefficient (Wildman–Crippen LogP) is 0.857. The van der Waals surface area contributed by atoms with Crippen LogP contribution in [0.3, 0.4) is 0 Å². The van der Waals surface area contributed by atoms with Crippen LogP contribution in [0.1, 0.15) is 17.7 Å². The molecule has 3 N–H and O–H groups in total. The minimum Gasteiger partial charge on any atom is -0.375 e. The molecule has 17 heavy (non-hydrogen) atoms. The number of hydrogen-bond donors (Lipinski definition) is 2. The van der Waals surface area contributed by atoms with Crippen molar-refractivity contribution in [2.45, 2.75) is 25.4 Å². The maximum absolute atomic E-state index is 11.5. The summed E-state index contributed by atoms with van der Waals surface area (Å²) in [6, 6.07) is 0.431. The van der Waals surface area contributed by atoms with Crippen molar-refractivity contribution in [2.75, 3.05) is 19.3 Å². The first-order chi connectivity index (χ1) is 7.63. The van der Waals surface area contributed by atoms with Gasteiger partial charge in [0.2, 0.25) is 5.91 Å². The molecule has 1 aromatic rings. The van der Waals surface area contributed by atoms with E-state index in [2.05, 4.69) is 10.3 Å². The second kappa shape index (κ2) is 6.18. The number of hydrogen-bond acceptors (Lipinski definition) is 5. The first kappa shape index (κ1) is 14.2. The molecule has 5 nitrogen and oxygen atoms in total. The largest absolute Gasteiger partial charge is 0.375 e. The number of thiazole rings is 1. The number of anilines is 1. The molecule has 1 amide bonds. The summed E-state index contributed by atoms with van der Waals surface area (Å²) >= 11 is 1.46. The number of nitrogen functional groups attached to an aromatic ring is 1. The fourth-order valence-electron chi connectivity index (χ4n) is 1.46. The van der Waals surface area contributed by atoms with Crippen LogP contribution in [0.25, 0.3) is 0 Å². The highest BCUT2D eigenvalue weighted by Gasteiger charge is 2.23. The van der Waals surface area contributed by atoms with Crippen molar-refractivity contribution in [2.24, 2.45) is 0 Å². The van der Waals surface area contributed by atoms with Crippen molar-refractivity contribution in [3.05, 3.63) is 11.1 Å². The van der Waals surface area contributed by atoms with Crippen LogP contribution >= 0.6 is 23.7 Å². The van der Waals surface area contributed by atoms with E-state index >= 15 is 0 Å². The third kappa shape index (κ3) is 4.89. The number of halogens is 1. The molecule has 1 fully saturated rings. The Kier molecular flexibility index (Phi) is 5.17. The molecule has 0 atom stereocenters. The summed E-state index contributed by atoms with van der Waals surface area (Å²) in [4.78, 5) is 18.5. The number of carbonyl (C=O) groups is 1. The van der Waals surface area contributed by atoms with E-state index in [0.29, 0.717) is 24.3 Å². The molecule has 96 valence electrons. The highest BCUT2D eigenvalue weighted by atomic mass is 35.5. The van der Waals surface area contributed by atoms with E-state index < -0.39 is 0 Å². The van der Waals surface area contributed by atoms with Gasteiger partial charge in [0.25, 0.3) is 0 Å². The number of aromatic nitrogens is 1. The summed E-state index contributed by atoms with van der Waals surface area (Å²) in [7, 11) is 1.92. The third-order valence-electron chi connectivity index (χ3n) is 2.35. The van der Waals surface area contributed by atoms with Crippen LogP contribution in [0.2, 0.25) is 0 Å². The second-order valence-electron chi connectivity index (χ2n) is 4.18. The zero-order chi connectivity index (χ0) is 11.5. The zero-order valence-electron chi connectivity index (χ0n) is 9.68. The van der Waals surface area contributed by atoms with Gasteiger partial charge in [-0.25, -0.2) is 4.98 Å². The van der Waals surface area contributed by atoms with Gasteiger partial charge in [0, 0.05) is 23.7 Å². The van der Waals surface area contributed by atoms with Gasteiger partial charge in [-0.2, -0.15) is 0 Å². The lowest BCUT2D eigenvalue weighted by molar-refractivity contribution is -0.122. The SMILES string of the molecule is CN(CC(=O)NC1CC1)Cc1cnc(N)s1.Cl. The van der Waals surface area contributed by atoms with Crippen molar-refractivity contribution in [3.8, 4) is 0 Å². The van der Waals surface area contributed by atoms with Crippen LogP contribution < -0.4 is 11.1 Å². The summed E-state index contributed by atoms with van der Waals surface area (Å²) in [5.74, 6) is 0.0995. The monoisotopic (exact) mass is 276 g/mol. The molecule has 0 unspecified atom stereocenters. The third-order valence-corrected chi connectivity index (χ3v) is 3.16. The quantitative estimate of drug-likeness (QED) is 0.837. The fourth-order valence-corrected chi connectivity index (χ4v) is 2.23. The number of nitrogens with one attached hydrogen (secondary N) is 1. The molecule has 1 saturated carbocycles. The number of nitrogens with two attached hydrogens (primary N) is 1. The van der Waals surface area contributed by atoms with E-state index in [1.807, 2.05) is 11.9 Å². The number of carbonyl (C=O) groups excluding carboxylic acids is 1. The predicted molar refractivity (Wildman–Crippen MR) is 71.3 cm³/mol. The maximum atomic E-state index is 11.5. The molecular weight excluding hydrogens is 260 g/mol. The zero-order valence-corrected chi connectivity index (χ0v) is 11.3. The Hall–Kier alpha value is -0.850.